The van der Waals surface area contributed by atoms with E-state index in [0.717, 1.165) is 9.35 Å². The highest BCUT2D eigenvalue weighted by molar-refractivity contribution is 9.10. The Kier molecular flexibility index (Phi) is 4.09. The molecule has 96 valence electrons. The molecule has 2 aromatic heterocycles. The maximum absolute atomic E-state index is 11.0. The monoisotopic (exact) mass is 338 g/mol. The Labute approximate surface area is 121 Å². The SMILES string of the molecule is N#Cc1ccnc(NCc2sccc2Br)c1[N+](=O)[O-]. The smallest absolute Gasteiger partial charge is 0.328 e. The van der Waals surface area contributed by atoms with Gasteiger partial charge in [-0.2, -0.15) is 5.26 Å². The van der Waals surface area contributed by atoms with Crippen LogP contribution in [0.2, 0.25) is 0 Å². The van der Waals surface area contributed by atoms with E-state index in [1.165, 1.54) is 23.6 Å². The number of pyridine rings is 1. The van der Waals surface area contributed by atoms with Gasteiger partial charge in [0, 0.05) is 15.5 Å². The molecule has 8 heteroatoms. The first-order valence-corrected chi connectivity index (χ1v) is 6.80. The first-order chi connectivity index (χ1) is 9.13. The van der Waals surface area contributed by atoms with Crippen LogP contribution in [0, 0.1) is 21.4 Å². The molecule has 0 spiro atoms. The molecule has 1 N–H and O–H groups in total. The maximum atomic E-state index is 11.0. The molecule has 0 fully saturated rings. The molecule has 0 aromatic carbocycles. The van der Waals surface area contributed by atoms with Crippen molar-refractivity contribution in [3.05, 3.63) is 48.7 Å². The van der Waals surface area contributed by atoms with Crippen molar-refractivity contribution >= 4 is 38.8 Å². The number of halogens is 1. The summed E-state index contributed by atoms with van der Waals surface area (Å²) in [6.45, 7) is 0.404. The zero-order chi connectivity index (χ0) is 13.8. The van der Waals surface area contributed by atoms with Gasteiger partial charge in [-0.1, -0.05) is 0 Å². The molecule has 19 heavy (non-hydrogen) atoms. The maximum Gasteiger partial charge on any atom is 0.328 e. The van der Waals surface area contributed by atoms with Crippen molar-refractivity contribution < 1.29 is 4.92 Å². The zero-order valence-electron chi connectivity index (χ0n) is 9.46. The summed E-state index contributed by atoms with van der Waals surface area (Å²) in [5, 5.41) is 24.7. The Balaban J connectivity index is 2.28. The van der Waals surface area contributed by atoms with Gasteiger partial charge in [-0.15, -0.1) is 11.3 Å². The Hall–Kier alpha value is -1.98. The molecule has 0 atom stereocenters. The predicted octanol–water partition coefficient (Wildman–Crippen LogP) is 3.30. The van der Waals surface area contributed by atoms with Crippen LogP contribution in [-0.4, -0.2) is 9.91 Å². The molecular formula is C11H7BrN4O2S. The van der Waals surface area contributed by atoms with Crippen molar-refractivity contribution in [1.29, 1.82) is 5.26 Å². The fourth-order valence-electron chi connectivity index (χ4n) is 1.47. The Bertz CT molecular complexity index is 665. The highest BCUT2D eigenvalue weighted by Gasteiger charge is 2.21. The molecule has 0 aliphatic carbocycles. The minimum Gasteiger partial charge on any atom is -0.359 e. The molecule has 6 nitrogen and oxygen atoms in total. The molecule has 2 aromatic rings. The van der Waals surface area contributed by atoms with Gasteiger partial charge in [-0.05, 0) is 33.4 Å². The van der Waals surface area contributed by atoms with E-state index in [0.29, 0.717) is 6.54 Å². The number of nitro groups is 1. The normalized spacial score (nSPS) is 9.89. The molecular weight excluding hydrogens is 332 g/mol. The molecule has 0 amide bonds. The number of nitriles is 1. The minimum absolute atomic E-state index is 0.00672. The standard InChI is InChI=1S/C11H7BrN4O2S/c12-8-2-4-19-9(8)6-15-11-10(16(17)18)7(5-13)1-3-14-11/h1-4H,6H2,(H,14,15). The number of nitrogens with one attached hydrogen (secondary N) is 1. The number of anilines is 1. The minimum atomic E-state index is -0.600. The number of hydrogen-bond acceptors (Lipinski definition) is 6. The molecule has 0 saturated carbocycles. The van der Waals surface area contributed by atoms with Crippen LogP contribution in [0.1, 0.15) is 10.4 Å². The summed E-state index contributed by atoms with van der Waals surface area (Å²) in [7, 11) is 0. The molecule has 0 bridgehead atoms. The summed E-state index contributed by atoms with van der Waals surface area (Å²) in [6.07, 6.45) is 1.37. The Morgan fingerprint density at radius 2 is 2.37 bits per heavy atom. The van der Waals surface area contributed by atoms with E-state index in [-0.39, 0.29) is 17.1 Å². The van der Waals surface area contributed by atoms with Crippen LogP contribution < -0.4 is 5.32 Å². The second kappa shape index (κ2) is 5.77. The summed E-state index contributed by atoms with van der Waals surface area (Å²) in [4.78, 5) is 15.3. The van der Waals surface area contributed by atoms with Crippen molar-refractivity contribution in [2.24, 2.45) is 0 Å². The molecule has 0 unspecified atom stereocenters. The van der Waals surface area contributed by atoms with Crippen LogP contribution in [0.5, 0.6) is 0 Å². The van der Waals surface area contributed by atoms with Crippen LogP contribution in [0.15, 0.2) is 28.2 Å². The van der Waals surface area contributed by atoms with Crippen LogP contribution in [0.25, 0.3) is 0 Å². The second-order valence-electron chi connectivity index (χ2n) is 3.47. The summed E-state index contributed by atoms with van der Waals surface area (Å²) in [6, 6.07) is 5.02. The van der Waals surface area contributed by atoms with Gasteiger partial charge >= 0.3 is 5.69 Å². The van der Waals surface area contributed by atoms with E-state index in [2.05, 4.69) is 26.2 Å². The fourth-order valence-corrected chi connectivity index (χ4v) is 2.91. The first-order valence-electron chi connectivity index (χ1n) is 5.12. The quantitative estimate of drug-likeness (QED) is 0.682. The molecule has 2 rings (SSSR count). The molecule has 0 aliphatic rings. The summed E-state index contributed by atoms with van der Waals surface area (Å²) in [5.41, 5.74) is -0.301. The van der Waals surface area contributed by atoms with Gasteiger partial charge in [-0.3, -0.25) is 10.1 Å². The zero-order valence-corrected chi connectivity index (χ0v) is 11.9. The number of hydrogen-bond donors (Lipinski definition) is 1. The lowest BCUT2D eigenvalue weighted by molar-refractivity contribution is -0.384. The lowest BCUT2D eigenvalue weighted by atomic mass is 10.2. The number of nitrogens with zero attached hydrogens (tertiary/aromatic N) is 3. The summed E-state index contributed by atoms with van der Waals surface area (Å²) >= 11 is 4.90. The highest BCUT2D eigenvalue weighted by Crippen LogP contribution is 2.28. The average Bonchev–Trinajstić information content (AvgIpc) is 2.81. The van der Waals surface area contributed by atoms with Gasteiger partial charge < -0.3 is 5.32 Å². The first kappa shape index (κ1) is 13.5. The van der Waals surface area contributed by atoms with E-state index < -0.39 is 4.92 Å². The largest absolute Gasteiger partial charge is 0.359 e. The van der Waals surface area contributed by atoms with Crippen LogP contribution >= 0.6 is 27.3 Å². The van der Waals surface area contributed by atoms with Gasteiger partial charge in [0.25, 0.3) is 0 Å². The number of thiophene rings is 1. The van der Waals surface area contributed by atoms with E-state index in [9.17, 15) is 10.1 Å². The van der Waals surface area contributed by atoms with E-state index in [1.807, 2.05) is 11.4 Å². The number of aromatic nitrogens is 1. The third-order valence-electron chi connectivity index (χ3n) is 2.33. The number of rotatable bonds is 4. The van der Waals surface area contributed by atoms with Crippen LogP contribution in [0.3, 0.4) is 0 Å². The van der Waals surface area contributed by atoms with Crippen molar-refractivity contribution in [1.82, 2.24) is 4.98 Å². The fraction of sp³-hybridized carbons (Fsp3) is 0.0909. The third-order valence-corrected chi connectivity index (χ3v) is 4.26. The van der Waals surface area contributed by atoms with Crippen molar-refractivity contribution in [3.63, 3.8) is 0 Å². The Morgan fingerprint density at radius 1 is 1.58 bits per heavy atom. The molecule has 0 aliphatic heterocycles. The van der Waals surface area contributed by atoms with Crippen molar-refractivity contribution in [2.45, 2.75) is 6.54 Å². The van der Waals surface area contributed by atoms with Crippen LogP contribution in [0.4, 0.5) is 11.5 Å². The molecule has 0 radical (unpaired) electrons. The summed E-state index contributed by atoms with van der Waals surface area (Å²) < 4.78 is 0.934. The van der Waals surface area contributed by atoms with E-state index >= 15 is 0 Å². The third kappa shape index (κ3) is 2.89. The van der Waals surface area contributed by atoms with Crippen molar-refractivity contribution in [3.8, 4) is 6.07 Å². The molecule has 0 saturated heterocycles. The molecule has 2 heterocycles. The van der Waals surface area contributed by atoms with Gasteiger partial charge in [0.15, 0.2) is 0 Å². The highest BCUT2D eigenvalue weighted by atomic mass is 79.9. The van der Waals surface area contributed by atoms with Crippen LogP contribution in [-0.2, 0) is 6.54 Å². The lowest BCUT2D eigenvalue weighted by Crippen LogP contribution is -2.05. The van der Waals surface area contributed by atoms with E-state index in [4.69, 9.17) is 5.26 Å². The van der Waals surface area contributed by atoms with Gasteiger partial charge in [0.2, 0.25) is 5.82 Å². The predicted molar refractivity (Wildman–Crippen MR) is 75.0 cm³/mol. The van der Waals surface area contributed by atoms with Gasteiger partial charge in [0.1, 0.15) is 11.6 Å². The topological polar surface area (TPSA) is 91.8 Å². The van der Waals surface area contributed by atoms with Gasteiger partial charge in [-0.25, -0.2) is 4.98 Å². The van der Waals surface area contributed by atoms with E-state index in [1.54, 1.807) is 6.07 Å². The van der Waals surface area contributed by atoms with Gasteiger partial charge in [0.05, 0.1) is 11.5 Å². The second-order valence-corrected chi connectivity index (χ2v) is 5.32. The Morgan fingerprint density at radius 3 is 2.95 bits per heavy atom. The average molecular weight is 339 g/mol. The van der Waals surface area contributed by atoms with Crippen molar-refractivity contribution in [2.75, 3.05) is 5.32 Å². The summed E-state index contributed by atoms with van der Waals surface area (Å²) in [5.74, 6) is 0.101. The lowest BCUT2D eigenvalue weighted by Gasteiger charge is -2.05.